The van der Waals surface area contributed by atoms with Crippen LogP contribution in [0.1, 0.15) is 74.9 Å². The maximum Gasteiger partial charge on any atom is 0.229 e. The minimum atomic E-state index is -0.578. The number of H-pyrrole nitrogens is 1. The molecule has 1 aliphatic carbocycles. The van der Waals surface area contributed by atoms with Gasteiger partial charge in [0.15, 0.2) is 0 Å². The Balaban J connectivity index is 1.40. The molecule has 0 bridgehead atoms. The van der Waals surface area contributed by atoms with Crippen LogP contribution in [-0.4, -0.2) is 51.2 Å². The number of likely N-dealkylation sites (tertiary alicyclic amines) is 1. The Kier molecular flexibility index (Phi) is 9.25. The maximum absolute atomic E-state index is 14.8. The molecule has 1 aromatic heterocycles. The van der Waals surface area contributed by atoms with E-state index in [1.54, 1.807) is 6.20 Å². The molecule has 1 N–H and O–H groups in total. The number of imidazole rings is 1. The summed E-state index contributed by atoms with van der Waals surface area (Å²) in [6.45, 7) is 3.89. The van der Waals surface area contributed by atoms with E-state index < -0.39 is 5.41 Å². The molecule has 1 saturated heterocycles. The lowest BCUT2D eigenvalue weighted by molar-refractivity contribution is -0.152. The molecule has 1 saturated carbocycles. The number of piperidine rings is 1. The average Bonchev–Trinajstić information content (AvgIpc) is 3.54. The first-order chi connectivity index (χ1) is 19.4. The summed E-state index contributed by atoms with van der Waals surface area (Å²) in [7, 11) is 0. The highest BCUT2D eigenvalue weighted by molar-refractivity contribution is 6.30. The van der Waals surface area contributed by atoms with Crippen LogP contribution >= 0.6 is 11.6 Å². The van der Waals surface area contributed by atoms with Gasteiger partial charge in [-0.05, 0) is 68.7 Å². The second kappa shape index (κ2) is 13.0. The van der Waals surface area contributed by atoms with Crippen LogP contribution < -0.4 is 0 Å². The van der Waals surface area contributed by atoms with Crippen LogP contribution in [0, 0.1) is 11.3 Å². The van der Waals surface area contributed by atoms with Crippen molar-refractivity contribution in [3.05, 3.63) is 89.0 Å². The molecular formula is C33H41ClN4O2. The van der Waals surface area contributed by atoms with Crippen molar-refractivity contribution in [2.75, 3.05) is 19.6 Å². The summed E-state index contributed by atoms with van der Waals surface area (Å²) in [4.78, 5) is 39.9. The monoisotopic (exact) mass is 560 g/mol. The van der Waals surface area contributed by atoms with Crippen LogP contribution in [0.2, 0.25) is 5.02 Å². The van der Waals surface area contributed by atoms with E-state index in [4.69, 9.17) is 11.6 Å². The Labute approximate surface area is 243 Å². The number of carbonyl (C=O) groups is 2. The smallest absolute Gasteiger partial charge is 0.229 e. The fourth-order valence-electron chi connectivity index (χ4n) is 6.55. The molecule has 1 aliphatic heterocycles. The lowest BCUT2D eigenvalue weighted by atomic mass is 9.72. The van der Waals surface area contributed by atoms with Crippen molar-refractivity contribution in [3.8, 4) is 0 Å². The fourth-order valence-corrected chi connectivity index (χ4v) is 6.67. The van der Waals surface area contributed by atoms with Crippen LogP contribution in [0.5, 0.6) is 0 Å². The van der Waals surface area contributed by atoms with Gasteiger partial charge in [-0.1, -0.05) is 73.3 Å². The van der Waals surface area contributed by atoms with E-state index in [0.717, 1.165) is 49.1 Å². The zero-order chi connectivity index (χ0) is 28.0. The van der Waals surface area contributed by atoms with E-state index in [1.807, 2.05) is 58.5 Å². The van der Waals surface area contributed by atoms with Crippen LogP contribution in [0.4, 0.5) is 0 Å². The molecule has 3 aromatic rings. The van der Waals surface area contributed by atoms with Gasteiger partial charge in [0.05, 0.1) is 11.5 Å². The molecular weight excluding hydrogens is 520 g/mol. The number of halogens is 1. The van der Waals surface area contributed by atoms with Crippen LogP contribution in [0.3, 0.4) is 0 Å². The van der Waals surface area contributed by atoms with Crippen LogP contribution in [-0.2, 0) is 22.4 Å². The van der Waals surface area contributed by atoms with Crippen molar-refractivity contribution >= 4 is 23.4 Å². The molecule has 1 unspecified atom stereocenters. The lowest BCUT2D eigenvalue weighted by Gasteiger charge is -2.45. The first kappa shape index (κ1) is 28.4. The van der Waals surface area contributed by atoms with Gasteiger partial charge in [0.1, 0.15) is 5.82 Å². The summed E-state index contributed by atoms with van der Waals surface area (Å²) in [6, 6.07) is 18.0. The van der Waals surface area contributed by atoms with Crippen molar-refractivity contribution < 1.29 is 9.59 Å². The molecule has 2 aliphatic rings. The predicted octanol–water partition coefficient (Wildman–Crippen LogP) is 6.63. The summed E-state index contributed by atoms with van der Waals surface area (Å²) in [5, 5.41) is 0.706. The van der Waals surface area contributed by atoms with E-state index in [0.29, 0.717) is 49.8 Å². The van der Waals surface area contributed by atoms with Gasteiger partial charge in [0.25, 0.3) is 0 Å². The first-order valence-electron chi connectivity index (χ1n) is 14.8. The largest absolute Gasteiger partial charge is 0.347 e. The molecule has 0 spiro atoms. The van der Waals surface area contributed by atoms with Crippen molar-refractivity contribution in [2.24, 2.45) is 11.3 Å². The minimum Gasteiger partial charge on any atom is -0.347 e. The zero-order valence-corrected chi connectivity index (χ0v) is 24.3. The fraction of sp³-hybridized carbons (Fsp3) is 0.485. The third kappa shape index (κ3) is 6.60. The third-order valence-corrected chi connectivity index (χ3v) is 9.28. The quantitative estimate of drug-likeness (QED) is 0.319. The van der Waals surface area contributed by atoms with Crippen molar-refractivity contribution in [1.29, 1.82) is 0 Å². The van der Waals surface area contributed by atoms with Gasteiger partial charge in [-0.15, -0.1) is 0 Å². The Morgan fingerprint density at radius 1 is 1.02 bits per heavy atom. The number of carbonyl (C=O) groups excluding carboxylic acids is 2. The topological polar surface area (TPSA) is 69.3 Å². The Morgan fingerprint density at radius 3 is 2.38 bits per heavy atom. The van der Waals surface area contributed by atoms with E-state index in [1.165, 1.54) is 6.42 Å². The second-order valence-corrected chi connectivity index (χ2v) is 12.1. The number of rotatable bonds is 9. The SMILES string of the molecule is CC(c1ncc[nH]1)N(CCc1ccc(Cl)cc1)C(=O)C1(Cc2ccccc2)CCN(C(=O)C2CCCCC2)CC1. The molecule has 6 nitrogen and oxygen atoms in total. The first-order valence-corrected chi connectivity index (χ1v) is 15.2. The van der Waals surface area contributed by atoms with Gasteiger partial charge in [-0.3, -0.25) is 9.59 Å². The molecule has 0 radical (unpaired) electrons. The number of amides is 2. The number of hydrogen-bond donors (Lipinski definition) is 1. The number of nitrogens with one attached hydrogen (secondary N) is 1. The number of hydrogen-bond acceptors (Lipinski definition) is 3. The normalized spacial score (nSPS) is 18.3. The molecule has 7 heteroatoms. The van der Waals surface area contributed by atoms with Crippen LogP contribution in [0.25, 0.3) is 0 Å². The van der Waals surface area contributed by atoms with E-state index in [9.17, 15) is 9.59 Å². The molecule has 2 fully saturated rings. The molecule has 40 heavy (non-hydrogen) atoms. The number of aromatic amines is 1. The number of nitrogens with zero attached hydrogens (tertiary/aromatic N) is 3. The molecule has 5 rings (SSSR count). The van der Waals surface area contributed by atoms with Crippen molar-refractivity contribution in [2.45, 2.75) is 70.8 Å². The summed E-state index contributed by atoms with van der Waals surface area (Å²) in [5.41, 5.74) is 1.72. The Morgan fingerprint density at radius 2 is 1.73 bits per heavy atom. The van der Waals surface area contributed by atoms with Gasteiger partial charge in [0, 0.05) is 43.0 Å². The van der Waals surface area contributed by atoms with Gasteiger partial charge in [-0.2, -0.15) is 0 Å². The second-order valence-electron chi connectivity index (χ2n) is 11.6. The summed E-state index contributed by atoms with van der Waals surface area (Å²) < 4.78 is 0. The average molecular weight is 561 g/mol. The summed E-state index contributed by atoms with van der Waals surface area (Å²) in [6.07, 6.45) is 11.8. The molecule has 2 amide bonds. The van der Waals surface area contributed by atoms with E-state index >= 15 is 0 Å². The molecule has 212 valence electrons. The molecule has 1 atom stereocenters. The van der Waals surface area contributed by atoms with Gasteiger partial charge < -0.3 is 14.8 Å². The Hall–Kier alpha value is -3.12. The van der Waals surface area contributed by atoms with Crippen molar-refractivity contribution in [1.82, 2.24) is 19.8 Å². The predicted molar refractivity (Wildman–Crippen MR) is 159 cm³/mol. The Bertz CT molecular complexity index is 1230. The lowest BCUT2D eigenvalue weighted by Crippen LogP contribution is -2.54. The maximum atomic E-state index is 14.8. The van der Waals surface area contributed by atoms with Gasteiger partial charge in [0.2, 0.25) is 11.8 Å². The summed E-state index contributed by atoms with van der Waals surface area (Å²) in [5.74, 6) is 1.38. The van der Waals surface area contributed by atoms with Crippen molar-refractivity contribution in [3.63, 3.8) is 0 Å². The zero-order valence-electron chi connectivity index (χ0n) is 23.5. The van der Waals surface area contributed by atoms with E-state index in [-0.39, 0.29) is 17.9 Å². The number of aromatic nitrogens is 2. The highest BCUT2D eigenvalue weighted by atomic mass is 35.5. The van der Waals surface area contributed by atoms with E-state index in [2.05, 4.69) is 29.0 Å². The summed E-state index contributed by atoms with van der Waals surface area (Å²) >= 11 is 6.12. The highest BCUT2D eigenvalue weighted by Crippen LogP contribution is 2.40. The molecule has 2 aromatic carbocycles. The minimum absolute atomic E-state index is 0.152. The molecule has 2 heterocycles. The van der Waals surface area contributed by atoms with Gasteiger partial charge >= 0.3 is 0 Å². The standard InChI is InChI=1S/C33H41ClN4O2/c1-25(30-35-19-20-36-30)38(21-16-26-12-14-29(34)15-13-26)32(40)33(24-27-8-4-2-5-9-27)17-22-37(23-18-33)31(39)28-10-6-3-7-11-28/h2,4-5,8-9,12-15,19-20,25,28H,3,6-7,10-11,16-18,21-24H2,1H3,(H,35,36). The van der Waals surface area contributed by atoms with Crippen LogP contribution in [0.15, 0.2) is 67.0 Å². The highest BCUT2D eigenvalue weighted by Gasteiger charge is 2.46. The van der Waals surface area contributed by atoms with Gasteiger partial charge in [-0.25, -0.2) is 4.98 Å². The number of benzene rings is 2. The third-order valence-electron chi connectivity index (χ3n) is 9.02.